The van der Waals surface area contributed by atoms with E-state index >= 15 is 0 Å². The quantitative estimate of drug-likeness (QED) is 0.898. The molecule has 1 aliphatic heterocycles. The molecular weight excluding hydrogens is 278 g/mol. The van der Waals surface area contributed by atoms with E-state index in [0.717, 1.165) is 32.4 Å². The SMILES string of the molecule is CC1(C)CC(NCC2CCCc3ccc(C(=O)O)cc32)CO1. The van der Waals surface area contributed by atoms with Gasteiger partial charge in [0.05, 0.1) is 17.8 Å². The standard InChI is InChI=1S/C18H25NO3/c1-18(2)9-15(11-22-18)19-10-14-5-3-4-12-6-7-13(17(20)21)8-16(12)14/h6-8,14-15,19H,3-5,9-11H2,1-2H3,(H,20,21). The van der Waals surface area contributed by atoms with Crippen LogP contribution in [0.25, 0.3) is 0 Å². The molecule has 0 aromatic heterocycles. The van der Waals surface area contributed by atoms with Gasteiger partial charge in [0.2, 0.25) is 0 Å². The maximum Gasteiger partial charge on any atom is 0.335 e. The maximum atomic E-state index is 11.2. The van der Waals surface area contributed by atoms with Crippen LogP contribution in [0.4, 0.5) is 0 Å². The average Bonchev–Trinajstić information content (AvgIpc) is 2.83. The number of aryl methyl sites for hydroxylation is 1. The van der Waals surface area contributed by atoms with Crippen LogP contribution in [0.5, 0.6) is 0 Å². The van der Waals surface area contributed by atoms with Crippen molar-refractivity contribution >= 4 is 5.97 Å². The molecule has 120 valence electrons. The fraction of sp³-hybridized carbons (Fsp3) is 0.611. The minimum Gasteiger partial charge on any atom is -0.478 e. The van der Waals surface area contributed by atoms with Crippen LogP contribution in [-0.4, -0.2) is 35.9 Å². The lowest BCUT2D eigenvalue weighted by atomic mass is 9.81. The molecule has 22 heavy (non-hydrogen) atoms. The zero-order valence-corrected chi connectivity index (χ0v) is 13.4. The number of carbonyl (C=O) groups is 1. The van der Waals surface area contributed by atoms with E-state index < -0.39 is 5.97 Å². The van der Waals surface area contributed by atoms with Crippen LogP contribution in [0.3, 0.4) is 0 Å². The van der Waals surface area contributed by atoms with Crippen molar-refractivity contribution in [2.75, 3.05) is 13.2 Å². The molecule has 1 saturated heterocycles. The lowest BCUT2D eigenvalue weighted by molar-refractivity contribution is 0.0357. The zero-order valence-electron chi connectivity index (χ0n) is 13.4. The van der Waals surface area contributed by atoms with Crippen molar-refractivity contribution in [1.29, 1.82) is 0 Å². The molecule has 2 N–H and O–H groups in total. The Labute approximate surface area is 131 Å². The number of carboxylic acid groups (broad SMARTS) is 1. The van der Waals surface area contributed by atoms with Crippen LogP contribution in [0.2, 0.25) is 0 Å². The summed E-state index contributed by atoms with van der Waals surface area (Å²) in [4.78, 5) is 11.2. The maximum absolute atomic E-state index is 11.2. The first-order chi connectivity index (χ1) is 10.4. The second-order valence-corrected chi connectivity index (χ2v) is 7.19. The van der Waals surface area contributed by atoms with Crippen LogP contribution in [-0.2, 0) is 11.2 Å². The van der Waals surface area contributed by atoms with Gasteiger partial charge in [0.15, 0.2) is 0 Å². The van der Waals surface area contributed by atoms with Gasteiger partial charge in [-0.15, -0.1) is 0 Å². The highest BCUT2D eigenvalue weighted by molar-refractivity contribution is 5.88. The lowest BCUT2D eigenvalue weighted by Gasteiger charge is -2.27. The van der Waals surface area contributed by atoms with E-state index in [-0.39, 0.29) is 5.60 Å². The molecule has 0 radical (unpaired) electrons. The number of benzene rings is 1. The fourth-order valence-electron chi connectivity index (χ4n) is 3.72. The smallest absolute Gasteiger partial charge is 0.335 e. The molecule has 4 nitrogen and oxygen atoms in total. The van der Waals surface area contributed by atoms with Gasteiger partial charge in [-0.3, -0.25) is 0 Å². The molecule has 1 aromatic carbocycles. The predicted molar refractivity (Wildman–Crippen MR) is 85.5 cm³/mol. The minimum atomic E-state index is -0.842. The Kier molecular flexibility index (Phi) is 4.24. The molecule has 0 amide bonds. The Morgan fingerprint density at radius 2 is 2.27 bits per heavy atom. The first-order valence-electron chi connectivity index (χ1n) is 8.18. The van der Waals surface area contributed by atoms with Crippen LogP contribution in [0, 0.1) is 0 Å². The number of hydrogen-bond donors (Lipinski definition) is 2. The van der Waals surface area contributed by atoms with Crippen LogP contribution >= 0.6 is 0 Å². The summed E-state index contributed by atoms with van der Waals surface area (Å²) in [5.41, 5.74) is 2.90. The molecule has 1 aromatic rings. The number of rotatable bonds is 4. The highest BCUT2D eigenvalue weighted by Crippen LogP contribution is 2.32. The first kappa shape index (κ1) is 15.5. The minimum absolute atomic E-state index is 0.0292. The molecule has 1 heterocycles. The van der Waals surface area contributed by atoms with Gasteiger partial charge in [-0.25, -0.2) is 4.79 Å². The number of nitrogens with one attached hydrogen (secondary N) is 1. The van der Waals surface area contributed by atoms with Crippen LogP contribution in [0.15, 0.2) is 18.2 Å². The van der Waals surface area contributed by atoms with Gasteiger partial charge >= 0.3 is 5.97 Å². The Morgan fingerprint density at radius 1 is 1.45 bits per heavy atom. The third-order valence-corrected chi connectivity index (χ3v) is 4.90. The van der Waals surface area contributed by atoms with Gasteiger partial charge in [0.25, 0.3) is 0 Å². The van der Waals surface area contributed by atoms with E-state index in [4.69, 9.17) is 4.74 Å². The van der Waals surface area contributed by atoms with Crippen LogP contribution < -0.4 is 5.32 Å². The summed E-state index contributed by atoms with van der Waals surface area (Å²) in [5.74, 6) is -0.433. The first-order valence-corrected chi connectivity index (χ1v) is 8.18. The van der Waals surface area contributed by atoms with Crippen molar-refractivity contribution in [3.63, 3.8) is 0 Å². The van der Waals surface area contributed by atoms with Gasteiger partial charge in [-0.05, 0) is 68.7 Å². The van der Waals surface area contributed by atoms with E-state index in [1.165, 1.54) is 17.5 Å². The summed E-state index contributed by atoms with van der Waals surface area (Å²) in [5, 5.41) is 12.8. The fourth-order valence-corrected chi connectivity index (χ4v) is 3.72. The van der Waals surface area contributed by atoms with Gasteiger partial charge in [0.1, 0.15) is 0 Å². The van der Waals surface area contributed by atoms with Crippen molar-refractivity contribution in [2.24, 2.45) is 0 Å². The monoisotopic (exact) mass is 303 g/mol. The van der Waals surface area contributed by atoms with Crippen molar-refractivity contribution in [1.82, 2.24) is 5.32 Å². The van der Waals surface area contributed by atoms with E-state index in [9.17, 15) is 9.90 Å². The highest BCUT2D eigenvalue weighted by Gasteiger charge is 2.32. The average molecular weight is 303 g/mol. The Morgan fingerprint density at radius 3 is 2.95 bits per heavy atom. The van der Waals surface area contributed by atoms with Gasteiger partial charge < -0.3 is 15.2 Å². The highest BCUT2D eigenvalue weighted by atomic mass is 16.5. The normalized spacial score (nSPS) is 26.6. The lowest BCUT2D eigenvalue weighted by Crippen LogP contribution is -2.34. The van der Waals surface area contributed by atoms with E-state index in [1.807, 2.05) is 12.1 Å². The van der Waals surface area contributed by atoms with Crippen LogP contribution in [0.1, 0.15) is 60.5 Å². The second-order valence-electron chi connectivity index (χ2n) is 7.19. The van der Waals surface area contributed by atoms with Crippen molar-refractivity contribution in [3.8, 4) is 0 Å². The molecule has 2 atom stereocenters. The Hall–Kier alpha value is -1.39. The predicted octanol–water partition coefficient (Wildman–Crippen LogP) is 2.96. The van der Waals surface area contributed by atoms with Crippen molar-refractivity contribution in [3.05, 3.63) is 34.9 Å². The molecule has 0 bridgehead atoms. The summed E-state index contributed by atoms with van der Waals surface area (Å²) in [7, 11) is 0. The van der Waals surface area contributed by atoms with Gasteiger partial charge in [-0.1, -0.05) is 6.07 Å². The Bertz CT molecular complexity index is 567. The molecule has 2 aliphatic rings. The number of hydrogen-bond acceptors (Lipinski definition) is 3. The van der Waals surface area contributed by atoms with Gasteiger partial charge in [-0.2, -0.15) is 0 Å². The summed E-state index contributed by atoms with van der Waals surface area (Å²) < 4.78 is 5.77. The number of carboxylic acids is 1. The Balaban J connectivity index is 1.69. The summed E-state index contributed by atoms with van der Waals surface area (Å²) in [6.45, 7) is 5.93. The summed E-state index contributed by atoms with van der Waals surface area (Å²) in [6, 6.07) is 6.00. The number of ether oxygens (including phenoxy) is 1. The number of fused-ring (bicyclic) bond motifs is 1. The third kappa shape index (κ3) is 3.33. The summed E-state index contributed by atoms with van der Waals surface area (Å²) >= 11 is 0. The van der Waals surface area contributed by atoms with E-state index in [0.29, 0.717) is 17.5 Å². The zero-order chi connectivity index (χ0) is 15.7. The molecule has 3 rings (SSSR count). The topological polar surface area (TPSA) is 58.6 Å². The molecule has 4 heteroatoms. The van der Waals surface area contributed by atoms with E-state index in [2.05, 4.69) is 19.2 Å². The van der Waals surface area contributed by atoms with Crippen molar-refractivity contribution < 1.29 is 14.6 Å². The molecule has 2 unspecified atom stereocenters. The summed E-state index contributed by atoms with van der Waals surface area (Å²) in [6.07, 6.45) is 4.39. The molecule has 1 aliphatic carbocycles. The third-order valence-electron chi connectivity index (χ3n) is 4.90. The second kappa shape index (κ2) is 6.01. The molecule has 0 saturated carbocycles. The van der Waals surface area contributed by atoms with Crippen molar-refractivity contribution in [2.45, 2.75) is 57.1 Å². The molecule has 1 fully saturated rings. The number of aromatic carboxylic acids is 1. The van der Waals surface area contributed by atoms with Gasteiger partial charge in [0, 0.05) is 12.6 Å². The molecule has 0 spiro atoms. The van der Waals surface area contributed by atoms with E-state index in [1.54, 1.807) is 6.07 Å². The largest absolute Gasteiger partial charge is 0.478 e. The molecular formula is C18H25NO3.